The molecular weight excluding hydrogens is 281 g/mol. The van der Waals surface area contributed by atoms with Crippen LogP contribution in [0.15, 0.2) is 36.1 Å². The highest BCUT2D eigenvalue weighted by Gasteiger charge is 2.46. The predicted molar refractivity (Wildman–Crippen MR) is 62.1 cm³/mol. The van der Waals surface area contributed by atoms with Gasteiger partial charge in [-0.05, 0) is 24.3 Å². The first-order valence-electron chi connectivity index (χ1n) is 5.37. The van der Waals surface area contributed by atoms with Gasteiger partial charge in [-0.25, -0.2) is 4.79 Å². The van der Waals surface area contributed by atoms with E-state index in [1.165, 1.54) is 18.2 Å². The van der Waals surface area contributed by atoms with Gasteiger partial charge in [0.1, 0.15) is 0 Å². The molecule has 2 unspecified atom stereocenters. The number of hydrogen-bond donors (Lipinski definition) is 1. The third-order valence-electron chi connectivity index (χ3n) is 2.38. The molecule has 0 aromatic carbocycles. The molecule has 0 fully saturated rings. The van der Waals surface area contributed by atoms with Gasteiger partial charge in [-0.15, -0.1) is 0 Å². The van der Waals surface area contributed by atoms with Crippen molar-refractivity contribution < 1.29 is 27.6 Å². The summed E-state index contributed by atoms with van der Waals surface area (Å²) in [5.74, 6) is -1.49. The summed E-state index contributed by atoms with van der Waals surface area (Å²) in [7, 11) is 0.836. The predicted octanol–water partition coefficient (Wildman–Crippen LogP) is 1.34. The second-order valence-corrected chi connectivity index (χ2v) is 3.78. The molecule has 1 N–H and O–H groups in total. The number of nitro groups is 1. The summed E-state index contributed by atoms with van der Waals surface area (Å²) < 4.78 is 42.1. The van der Waals surface area contributed by atoms with E-state index in [2.05, 4.69) is 4.74 Å². The van der Waals surface area contributed by atoms with Crippen molar-refractivity contribution in [3.8, 4) is 0 Å². The molecule has 110 valence electrons. The smallest absolute Gasteiger partial charge is 0.419 e. The van der Waals surface area contributed by atoms with Crippen molar-refractivity contribution in [2.45, 2.75) is 18.3 Å². The molecule has 2 atom stereocenters. The first-order chi connectivity index (χ1) is 9.25. The monoisotopic (exact) mass is 292 g/mol. The summed E-state index contributed by atoms with van der Waals surface area (Å²) in [6.07, 6.45) is 0.997. The second kappa shape index (κ2) is 6.22. The molecular formula is C11H11F3N2O4. The molecule has 0 saturated heterocycles. The summed E-state index contributed by atoms with van der Waals surface area (Å²) in [5, 5.41) is 12.5. The number of esters is 1. The van der Waals surface area contributed by atoms with Crippen LogP contribution in [0, 0.1) is 10.1 Å². The molecule has 0 aromatic heterocycles. The molecule has 0 aliphatic heterocycles. The van der Waals surface area contributed by atoms with Crippen LogP contribution in [0.2, 0.25) is 0 Å². The van der Waals surface area contributed by atoms with Crippen LogP contribution in [0.3, 0.4) is 0 Å². The molecule has 0 aromatic rings. The third-order valence-corrected chi connectivity index (χ3v) is 2.38. The van der Waals surface area contributed by atoms with Gasteiger partial charge in [0.15, 0.2) is 0 Å². The standard InChI is InChI=1S/C11H11F3N2O4/c1-20-10(17)9(11(12,13)14)15-7-3-2-4-8(6-5-7)16(18)19/h2-6,8-9,15H,1H3. The number of nitrogens with zero attached hydrogens (tertiary/aromatic N) is 1. The summed E-state index contributed by atoms with van der Waals surface area (Å²) in [5.41, 5.74) is -0.0849. The number of carbonyl (C=O) groups excluding carboxylic acids is 1. The lowest BCUT2D eigenvalue weighted by atomic mass is 10.2. The zero-order valence-electron chi connectivity index (χ0n) is 10.3. The average molecular weight is 292 g/mol. The maximum atomic E-state index is 12.7. The van der Waals surface area contributed by atoms with Crippen LogP contribution in [-0.4, -0.2) is 36.3 Å². The summed E-state index contributed by atoms with van der Waals surface area (Å²) in [6, 6.07) is -3.67. The van der Waals surface area contributed by atoms with Gasteiger partial charge < -0.3 is 10.1 Å². The average Bonchev–Trinajstić information content (AvgIpc) is 2.59. The number of methoxy groups -OCH3 is 1. The number of hydrogen-bond acceptors (Lipinski definition) is 5. The first-order valence-corrected chi connectivity index (χ1v) is 5.37. The van der Waals surface area contributed by atoms with Crippen LogP contribution in [0.4, 0.5) is 13.2 Å². The van der Waals surface area contributed by atoms with E-state index in [4.69, 9.17) is 0 Å². The van der Waals surface area contributed by atoms with E-state index >= 15 is 0 Å². The Balaban J connectivity index is 2.88. The molecule has 1 rings (SSSR count). The van der Waals surface area contributed by atoms with Crippen LogP contribution < -0.4 is 5.32 Å². The molecule has 1 aliphatic carbocycles. The van der Waals surface area contributed by atoms with Crippen molar-refractivity contribution in [3.05, 3.63) is 46.2 Å². The number of carbonyl (C=O) groups is 1. The zero-order valence-corrected chi connectivity index (χ0v) is 10.3. The topological polar surface area (TPSA) is 81.5 Å². The van der Waals surface area contributed by atoms with Gasteiger partial charge in [-0.3, -0.25) is 10.1 Å². The highest BCUT2D eigenvalue weighted by Crippen LogP contribution is 2.22. The SMILES string of the molecule is COC(=O)C(NC1=CC=CC([N+](=O)[O-])C=C1)C(F)(F)F. The van der Waals surface area contributed by atoms with Crippen molar-refractivity contribution in [2.24, 2.45) is 0 Å². The molecule has 0 amide bonds. The maximum Gasteiger partial charge on any atom is 0.419 e. The molecule has 0 heterocycles. The Labute approximate surface area is 111 Å². The highest BCUT2D eigenvalue weighted by molar-refractivity contribution is 5.77. The van der Waals surface area contributed by atoms with Crippen LogP contribution in [0.5, 0.6) is 0 Å². The van der Waals surface area contributed by atoms with Crippen molar-refractivity contribution in [1.29, 1.82) is 0 Å². The molecule has 1 aliphatic rings. The van der Waals surface area contributed by atoms with E-state index in [-0.39, 0.29) is 5.70 Å². The van der Waals surface area contributed by atoms with Gasteiger partial charge in [0, 0.05) is 10.6 Å². The number of allylic oxidation sites excluding steroid dienone is 3. The van der Waals surface area contributed by atoms with E-state index < -0.39 is 29.2 Å². The van der Waals surface area contributed by atoms with Crippen molar-refractivity contribution >= 4 is 5.97 Å². The molecule has 0 saturated carbocycles. The molecule has 0 spiro atoms. The van der Waals surface area contributed by atoms with Crippen LogP contribution >= 0.6 is 0 Å². The molecule has 0 bridgehead atoms. The largest absolute Gasteiger partial charge is 0.467 e. The molecule has 20 heavy (non-hydrogen) atoms. The van der Waals surface area contributed by atoms with Crippen molar-refractivity contribution in [2.75, 3.05) is 7.11 Å². The lowest BCUT2D eigenvalue weighted by Gasteiger charge is -2.20. The van der Waals surface area contributed by atoms with Crippen molar-refractivity contribution in [3.63, 3.8) is 0 Å². The number of rotatable bonds is 4. The summed E-state index contributed by atoms with van der Waals surface area (Å²) in [6.45, 7) is 0. The van der Waals surface area contributed by atoms with Gasteiger partial charge >= 0.3 is 12.1 Å². The Kier molecular flexibility index (Phi) is 4.89. The van der Waals surface area contributed by atoms with E-state index in [1.807, 2.05) is 5.32 Å². The van der Waals surface area contributed by atoms with E-state index in [0.717, 1.165) is 19.3 Å². The van der Waals surface area contributed by atoms with Crippen molar-refractivity contribution in [1.82, 2.24) is 5.32 Å². The van der Waals surface area contributed by atoms with Gasteiger partial charge in [0.25, 0.3) is 0 Å². The number of halogens is 3. The van der Waals surface area contributed by atoms with Gasteiger partial charge in [0.2, 0.25) is 12.1 Å². The normalized spacial score (nSPS) is 19.8. The number of nitrogens with one attached hydrogen (secondary N) is 1. The highest BCUT2D eigenvalue weighted by atomic mass is 19.4. The lowest BCUT2D eigenvalue weighted by molar-refractivity contribution is -0.496. The molecule has 6 nitrogen and oxygen atoms in total. The Morgan fingerprint density at radius 3 is 2.65 bits per heavy atom. The van der Waals surface area contributed by atoms with Gasteiger partial charge in [-0.1, -0.05) is 6.08 Å². The molecule has 0 radical (unpaired) electrons. The zero-order chi connectivity index (χ0) is 15.3. The second-order valence-electron chi connectivity index (χ2n) is 3.78. The Morgan fingerprint density at radius 1 is 1.50 bits per heavy atom. The van der Waals surface area contributed by atoms with Gasteiger partial charge in [0.05, 0.1) is 7.11 Å². The lowest BCUT2D eigenvalue weighted by Crippen LogP contribution is -2.48. The molecule has 9 heteroatoms. The fraction of sp³-hybridized carbons (Fsp3) is 0.364. The number of alkyl halides is 3. The minimum atomic E-state index is -4.85. The van der Waals surface area contributed by atoms with E-state index in [1.54, 1.807) is 0 Å². The Bertz CT molecular complexity index is 483. The van der Waals surface area contributed by atoms with Crippen LogP contribution in [0.1, 0.15) is 0 Å². The van der Waals surface area contributed by atoms with Gasteiger partial charge in [-0.2, -0.15) is 13.2 Å². The summed E-state index contributed by atoms with van der Waals surface area (Å²) in [4.78, 5) is 21.1. The van der Waals surface area contributed by atoms with E-state index in [0.29, 0.717) is 0 Å². The quantitative estimate of drug-likeness (QED) is 0.480. The third kappa shape index (κ3) is 4.11. The Hall–Kier alpha value is -2.32. The summed E-state index contributed by atoms with van der Waals surface area (Å²) >= 11 is 0. The van der Waals surface area contributed by atoms with E-state index in [9.17, 15) is 28.1 Å². The minimum Gasteiger partial charge on any atom is -0.467 e. The Morgan fingerprint density at radius 2 is 2.15 bits per heavy atom. The fourth-order valence-corrected chi connectivity index (χ4v) is 1.39. The number of ether oxygens (including phenoxy) is 1. The minimum absolute atomic E-state index is 0.0849. The first kappa shape index (κ1) is 15.7. The fourth-order valence-electron chi connectivity index (χ4n) is 1.39. The van der Waals surface area contributed by atoms with Crippen LogP contribution in [0.25, 0.3) is 0 Å². The van der Waals surface area contributed by atoms with Crippen LogP contribution in [-0.2, 0) is 9.53 Å². The maximum absolute atomic E-state index is 12.7.